The normalized spacial score (nSPS) is 10.9. The van der Waals surface area contributed by atoms with E-state index >= 15 is 0 Å². The average Bonchev–Trinajstić information content (AvgIpc) is 2.55. The summed E-state index contributed by atoms with van der Waals surface area (Å²) in [6.07, 6.45) is 5.45. The van der Waals surface area contributed by atoms with Crippen LogP contribution in [0.15, 0.2) is 22.7 Å². The van der Waals surface area contributed by atoms with E-state index in [0.717, 1.165) is 15.5 Å². The van der Waals surface area contributed by atoms with Gasteiger partial charge in [-0.25, -0.2) is 4.98 Å². The molecule has 1 aromatic carbocycles. The highest BCUT2D eigenvalue weighted by atomic mass is 79.9. The molecule has 0 aliphatic rings. The largest absolute Gasteiger partial charge is 0.315 e. The van der Waals surface area contributed by atoms with Crippen LogP contribution in [0.25, 0.3) is 11.0 Å². The van der Waals surface area contributed by atoms with Gasteiger partial charge in [-0.15, -0.1) is 6.42 Å². The number of imidazole rings is 1. The zero-order valence-corrected chi connectivity index (χ0v) is 10.2. The quantitative estimate of drug-likeness (QED) is 0.721. The lowest BCUT2D eigenvalue weighted by atomic mass is 10.3. The Morgan fingerprint density at radius 1 is 1.47 bits per heavy atom. The molecule has 2 nitrogen and oxygen atoms in total. The second-order valence-electron chi connectivity index (χ2n) is 3.68. The lowest BCUT2D eigenvalue weighted by Gasteiger charge is -2.09. The molecule has 0 radical (unpaired) electrons. The van der Waals surface area contributed by atoms with E-state index in [0.29, 0.717) is 11.9 Å². The van der Waals surface area contributed by atoms with Gasteiger partial charge in [0.2, 0.25) is 0 Å². The number of halogens is 1. The second-order valence-corrected chi connectivity index (χ2v) is 4.59. The van der Waals surface area contributed by atoms with E-state index in [1.54, 1.807) is 0 Å². The fraction of sp³-hybridized carbons (Fsp3) is 0.250. The van der Waals surface area contributed by atoms with Crippen LogP contribution in [0.2, 0.25) is 0 Å². The van der Waals surface area contributed by atoms with Gasteiger partial charge in [0.15, 0.2) is 5.82 Å². The van der Waals surface area contributed by atoms with Crippen molar-refractivity contribution in [3.05, 3.63) is 28.5 Å². The van der Waals surface area contributed by atoms with E-state index < -0.39 is 0 Å². The maximum absolute atomic E-state index is 5.45. The number of hydrogen-bond donors (Lipinski definition) is 0. The summed E-state index contributed by atoms with van der Waals surface area (Å²) in [5.41, 5.74) is 2.02. The van der Waals surface area contributed by atoms with E-state index in [1.807, 2.05) is 18.2 Å². The Balaban J connectivity index is 2.84. The summed E-state index contributed by atoms with van der Waals surface area (Å²) in [4.78, 5) is 4.40. The first-order chi connectivity index (χ1) is 7.13. The van der Waals surface area contributed by atoms with E-state index in [4.69, 9.17) is 6.42 Å². The molecule has 0 saturated carbocycles. The molecule has 0 amide bonds. The summed E-state index contributed by atoms with van der Waals surface area (Å²) in [6, 6.07) is 6.30. The Bertz CT molecular complexity index is 546. The summed E-state index contributed by atoms with van der Waals surface area (Å²) in [5.74, 6) is 3.32. The van der Waals surface area contributed by atoms with Crippen LogP contribution in [0.5, 0.6) is 0 Å². The molecule has 1 heterocycles. The third-order valence-electron chi connectivity index (χ3n) is 2.30. The van der Waals surface area contributed by atoms with Crippen LogP contribution in [-0.4, -0.2) is 9.55 Å². The number of benzene rings is 1. The number of aromatic nitrogens is 2. The summed E-state index contributed by atoms with van der Waals surface area (Å²) in [6.45, 7) is 4.20. The van der Waals surface area contributed by atoms with Crippen molar-refractivity contribution >= 4 is 27.0 Å². The first-order valence-corrected chi connectivity index (χ1v) is 5.57. The molecule has 0 spiro atoms. The number of fused-ring (bicyclic) bond motifs is 1. The molecule has 76 valence electrons. The zero-order valence-electron chi connectivity index (χ0n) is 8.66. The molecular formula is C12H11BrN2. The maximum Gasteiger partial charge on any atom is 0.186 e. The van der Waals surface area contributed by atoms with Crippen LogP contribution in [0.1, 0.15) is 25.7 Å². The third kappa shape index (κ3) is 1.66. The van der Waals surface area contributed by atoms with E-state index in [1.165, 1.54) is 0 Å². The molecular weight excluding hydrogens is 252 g/mol. The van der Waals surface area contributed by atoms with Crippen molar-refractivity contribution in [2.45, 2.75) is 19.9 Å². The van der Waals surface area contributed by atoms with Crippen molar-refractivity contribution in [3.8, 4) is 12.3 Å². The van der Waals surface area contributed by atoms with Crippen molar-refractivity contribution in [3.63, 3.8) is 0 Å². The van der Waals surface area contributed by atoms with Gasteiger partial charge in [0.1, 0.15) is 0 Å². The predicted molar refractivity (Wildman–Crippen MR) is 65.8 cm³/mol. The highest BCUT2D eigenvalue weighted by molar-refractivity contribution is 9.10. The third-order valence-corrected chi connectivity index (χ3v) is 2.79. The highest BCUT2D eigenvalue weighted by Gasteiger charge is 2.11. The summed E-state index contributed by atoms with van der Waals surface area (Å²) >= 11 is 3.45. The fourth-order valence-corrected chi connectivity index (χ4v) is 2.04. The fourth-order valence-electron chi connectivity index (χ4n) is 1.69. The van der Waals surface area contributed by atoms with E-state index in [-0.39, 0.29) is 0 Å². The van der Waals surface area contributed by atoms with Crippen molar-refractivity contribution in [1.29, 1.82) is 0 Å². The lowest BCUT2D eigenvalue weighted by molar-refractivity contribution is 0.611. The van der Waals surface area contributed by atoms with Crippen LogP contribution in [0.4, 0.5) is 0 Å². The van der Waals surface area contributed by atoms with Crippen LogP contribution >= 0.6 is 15.9 Å². The molecule has 15 heavy (non-hydrogen) atoms. The Morgan fingerprint density at radius 3 is 2.80 bits per heavy atom. The molecule has 1 aromatic heterocycles. The molecule has 2 aromatic rings. The van der Waals surface area contributed by atoms with Crippen molar-refractivity contribution < 1.29 is 0 Å². The highest BCUT2D eigenvalue weighted by Crippen LogP contribution is 2.23. The van der Waals surface area contributed by atoms with Gasteiger partial charge in [0, 0.05) is 10.5 Å². The van der Waals surface area contributed by atoms with Crippen molar-refractivity contribution in [2.24, 2.45) is 0 Å². The van der Waals surface area contributed by atoms with Gasteiger partial charge in [-0.1, -0.05) is 15.9 Å². The lowest BCUT2D eigenvalue weighted by Crippen LogP contribution is -2.03. The van der Waals surface area contributed by atoms with Gasteiger partial charge in [-0.05, 0) is 38.0 Å². The standard InChI is InChI=1S/C12H11BrN2/c1-4-12-14-10-6-5-9(13)7-11(10)15(12)8(2)3/h1,5-8H,2-3H3. The van der Waals surface area contributed by atoms with Crippen molar-refractivity contribution in [2.75, 3.05) is 0 Å². The van der Waals surface area contributed by atoms with Crippen LogP contribution in [0, 0.1) is 12.3 Å². The molecule has 0 aliphatic carbocycles. The minimum Gasteiger partial charge on any atom is -0.315 e. The summed E-state index contributed by atoms with van der Waals surface area (Å²) in [7, 11) is 0. The van der Waals surface area contributed by atoms with Crippen LogP contribution in [-0.2, 0) is 0 Å². The molecule has 2 rings (SSSR count). The molecule has 0 atom stereocenters. The van der Waals surface area contributed by atoms with E-state index in [2.05, 4.69) is 45.2 Å². The Morgan fingerprint density at radius 2 is 2.20 bits per heavy atom. The van der Waals surface area contributed by atoms with E-state index in [9.17, 15) is 0 Å². The molecule has 0 aliphatic heterocycles. The number of terminal acetylenes is 1. The first-order valence-electron chi connectivity index (χ1n) is 4.77. The first kappa shape index (κ1) is 10.3. The molecule has 0 saturated heterocycles. The van der Waals surface area contributed by atoms with Gasteiger partial charge in [-0.3, -0.25) is 0 Å². The van der Waals surface area contributed by atoms with Gasteiger partial charge in [-0.2, -0.15) is 0 Å². The monoisotopic (exact) mass is 262 g/mol. The predicted octanol–water partition coefficient (Wildman–Crippen LogP) is 3.36. The molecule has 3 heteroatoms. The average molecular weight is 263 g/mol. The van der Waals surface area contributed by atoms with Gasteiger partial charge in [0.05, 0.1) is 11.0 Å². The summed E-state index contributed by atoms with van der Waals surface area (Å²) in [5, 5.41) is 0. The maximum atomic E-state index is 5.45. The minimum atomic E-state index is 0.315. The zero-order chi connectivity index (χ0) is 11.0. The Hall–Kier alpha value is -1.27. The van der Waals surface area contributed by atoms with Gasteiger partial charge < -0.3 is 4.57 Å². The topological polar surface area (TPSA) is 17.8 Å². The molecule has 0 bridgehead atoms. The molecule has 0 N–H and O–H groups in total. The van der Waals surface area contributed by atoms with Gasteiger partial charge in [0.25, 0.3) is 0 Å². The minimum absolute atomic E-state index is 0.315. The summed E-state index contributed by atoms with van der Waals surface area (Å²) < 4.78 is 3.11. The second kappa shape index (κ2) is 3.71. The Labute approximate surface area is 97.4 Å². The molecule has 0 unspecified atom stereocenters. The number of nitrogens with zero attached hydrogens (tertiary/aromatic N) is 2. The number of rotatable bonds is 1. The Kier molecular flexibility index (Phi) is 2.54. The molecule has 0 fully saturated rings. The van der Waals surface area contributed by atoms with Crippen molar-refractivity contribution in [1.82, 2.24) is 9.55 Å². The number of hydrogen-bond acceptors (Lipinski definition) is 1. The van der Waals surface area contributed by atoms with Crippen LogP contribution in [0.3, 0.4) is 0 Å². The van der Waals surface area contributed by atoms with Crippen LogP contribution < -0.4 is 0 Å². The van der Waals surface area contributed by atoms with Gasteiger partial charge >= 0.3 is 0 Å². The smallest absolute Gasteiger partial charge is 0.186 e. The SMILES string of the molecule is C#Cc1nc2ccc(Br)cc2n1C(C)C.